The molecule has 0 aliphatic carbocycles. The van der Waals surface area contributed by atoms with Gasteiger partial charge in [-0.3, -0.25) is 4.90 Å². The minimum absolute atomic E-state index is 0.660. The summed E-state index contributed by atoms with van der Waals surface area (Å²) in [5, 5.41) is 4.87. The van der Waals surface area contributed by atoms with Gasteiger partial charge in [-0.15, -0.1) is 0 Å². The molecule has 33 heavy (non-hydrogen) atoms. The fourth-order valence-electron chi connectivity index (χ4n) is 4.27. The van der Waals surface area contributed by atoms with Crippen LogP contribution in [0.2, 0.25) is 10.0 Å². The predicted octanol–water partition coefficient (Wildman–Crippen LogP) is 6.22. The molecular weight excluding hydrogens is 455 g/mol. The van der Waals surface area contributed by atoms with Crippen molar-refractivity contribution in [3.63, 3.8) is 0 Å². The molecule has 5 nitrogen and oxygen atoms in total. The minimum Gasteiger partial charge on any atom is -0.492 e. The van der Waals surface area contributed by atoms with Crippen molar-refractivity contribution < 1.29 is 4.74 Å². The fourth-order valence-corrected chi connectivity index (χ4v) is 4.62. The summed E-state index contributed by atoms with van der Waals surface area (Å²) in [5.74, 6) is 1.75. The third-order valence-corrected chi connectivity index (χ3v) is 6.56. The van der Waals surface area contributed by atoms with Crippen LogP contribution in [0.4, 0.5) is 17.1 Å². The summed E-state index contributed by atoms with van der Waals surface area (Å²) in [7, 11) is 0. The van der Waals surface area contributed by atoms with Crippen molar-refractivity contribution in [2.24, 2.45) is 4.99 Å². The zero-order chi connectivity index (χ0) is 22.6. The number of nitrogens with one attached hydrogen (secondary N) is 1. The lowest BCUT2D eigenvalue weighted by molar-refractivity contribution is 0.170. The van der Waals surface area contributed by atoms with E-state index < -0.39 is 0 Å². The molecule has 0 atom stereocenters. The highest BCUT2D eigenvalue weighted by molar-refractivity contribution is 6.32. The maximum Gasteiger partial charge on any atom is 0.138 e. The van der Waals surface area contributed by atoms with E-state index in [-0.39, 0.29) is 0 Å². The van der Waals surface area contributed by atoms with Gasteiger partial charge in [0.1, 0.15) is 11.6 Å². The van der Waals surface area contributed by atoms with Crippen LogP contribution in [0, 0.1) is 0 Å². The van der Waals surface area contributed by atoms with Crippen molar-refractivity contribution in [2.75, 3.05) is 44.6 Å². The quantitative estimate of drug-likeness (QED) is 0.440. The second-order valence-corrected chi connectivity index (χ2v) is 9.07. The van der Waals surface area contributed by atoms with E-state index in [9.17, 15) is 0 Å². The monoisotopic (exact) mass is 480 g/mol. The Bertz CT molecular complexity index is 1160. The number of rotatable bonds is 5. The lowest BCUT2D eigenvalue weighted by Crippen LogP contribution is -2.49. The standard InChI is InChI=1S/C26H26Cl2N4O/c27-19-10-11-23-24(18-19)30-26(20-6-1-3-8-22(20)29-23)32-15-13-31(14-16-32)12-5-17-33-25-9-4-2-7-21(25)28/h1-4,6-11,18,29H,5,12-17H2. The molecule has 0 unspecified atom stereocenters. The summed E-state index contributed by atoms with van der Waals surface area (Å²) in [6.07, 6.45) is 0.963. The molecule has 0 saturated carbocycles. The average molecular weight is 481 g/mol. The number of benzene rings is 3. The largest absolute Gasteiger partial charge is 0.492 e. The highest BCUT2D eigenvalue weighted by Gasteiger charge is 2.24. The number of hydrogen-bond donors (Lipinski definition) is 1. The van der Waals surface area contributed by atoms with Gasteiger partial charge >= 0.3 is 0 Å². The van der Waals surface area contributed by atoms with Gasteiger partial charge < -0.3 is 15.0 Å². The molecule has 2 heterocycles. The third-order valence-electron chi connectivity index (χ3n) is 6.01. The highest BCUT2D eigenvalue weighted by Crippen LogP contribution is 2.36. The molecule has 1 fully saturated rings. The summed E-state index contributed by atoms with van der Waals surface area (Å²) >= 11 is 12.4. The third kappa shape index (κ3) is 5.11. The Hall–Kier alpha value is -2.73. The van der Waals surface area contributed by atoms with Crippen molar-refractivity contribution >= 4 is 46.1 Å². The number of nitrogens with zero attached hydrogens (tertiary/aromatic N) is 3. The molecule has 0 bridgehead atoms. The van der Waals surface area contributed by atoms with Gasteiger partial charge in [0.05, 0.1) is 23.0 Å². The summed E-state index contributed by atoms with van der Waals surface area (Å²) < 4.78 is 5.83. The van der Waals surface area contributed by atoms with Gasteiger partial charge in [0.25, 0.3) is 0 Å². The van der Waals surface area contributed by atoms with Gasteiger partial charge in [0.2, 0.25) is 0 Å². The van der Waals surface area contributed by atoms with Gasteiger partial charge in [-0.2, -0.15) is 0 Å². The first-order valence-corrected chi connectivity index (χ1v) is 12.0. The molecule has 1 saturated heterocycles. The van der Waals surface area contributed by atoms with Crippen molar-refractivity contribution in [1.29, 1.82) is 0 Å². The molecule has 1 N–H and O–H groups in total. The predicted molar refractivity (Wildman–Crippen MR) is 137 cm³/mol. The molecule has 2 aliphatic heterocycles. The summed E-state index contributed by atoms with van der Waals surface area (Å²) in [4.78, 5) is 9.92. The number of piperazine rings is 1. The average Bonchev–Trinajstić information content (AvgIpc) is 3.00. The second-order valence-electron chi connectivity index (χ2n) is 8.23. The molecule has 2 aliphatic rings. The maximum absolute atomic E-state index is 6.27. The summed E-state index contributed by atoms with van der Waals surface area (Å²) in [5.41, 5.74) is 4.02. The molecular formula is C26H26Cl2N4O. The lowest BCUT2D eigenvalue weighted by Gasteiger charge is -2.36. The van der Waals surface area contributed by atoms with Crippen LogP contribution in [0.5, 0.6) is 5.75 Å². The van der Waals surface area contributed by atoms with Gasteiger partial charge in [0, 0.05) is 49.0 Å². The first kappa shape index (κ1) is 22.1. The van der Waals surface area contributed by atoms with Crippen molar-refractivity contribution in [3.8, 4) is 5.75 Å². The van der Waals surface area contributed by atoms with Gasteiger partial charge in [0.15, 0.2) is 0 Å². The topological polar surface area (TPSA) is 40.1 Å². The van der Waals surface area contributed by atoms with E-state index in [1.54, 1.807) is 0 Å². The number of hydrogen-bond acceptors (Lipinski definition) is 5. The number of para-hydroxylation sites is 2. The Kier molecular flexibility index (Phi) is 6.72. The van der Waals surface area contributed by atoms with Crippen molar-refractivity contribution in [1.82, 2.24) is 9.80 Å². The van der Waals surface area contributed by atoms with E-state index in [0.29, 0.717) is 16.7 Å². The van der Waals surface area contributed by atoms with E-state index in [1.807, 2.05) is 48.5 Å². The van der Waals surface area contributed by atoms with Crippen LogP contribution in [0.15, 0.2) is 71.7 Å². The van der Waals surface area contributed by atoms with Crippen LogP contribution < -0.4 is 10.1 Å². The number of halogens is 2. The maximum atomic E-state index is 6.27. The Morgan fingerprint density at radius 3 is 2.52 bits per heavy atom. The second kappa shape index (κ2) is 10.0. The Balaban J connectivity index is 1.22. The van der Waals surface area contributed by atoms with Crippen LogP contribution in [0.3, 0.4) is 0 Å². The van der Waals surface area contributed by atoms with Crippen LogP contribution in [0.1, 0.15) is 12.0 Å². The minimum atomic E-state index is 0.660. The number of fused-ring (bicyclic) bond motifs is 2. The molecule has 7 heteroatoms. The number of aliphatic imine (C=N–C) groups is 1. The molecule has 170 valence electrons. The van der Waals surface area contributed by atoms with Crippen molar-refractivity contribution in [2.45, 2.75) is 6.42 Å². The Labute approximate surface area is 204 Å². The number of anilines is 2. The number of amidine groups is 1. The van der Waals surface area contributed by atoms with E-state index in [2.05, 4.69) is 33.3 Å². The number of ether oxygens (including phenoxy) is 1. The van der Waals surface area contributed by atoms with E-state index in [4.69, 9.17) is 32.9 Å². The molecule has 3 aromatic rings. The zero-order valence-corrected chi connectivity index (χ0v) is 19.8. The Morgan fingerprint density at radius 2 is 1.67 bits per heavy atom. The van der Waals surface area contributed by atoms with Crippen LogP contribution in [-0.4, -0.2) is 55.0 Å². The molecule has 3 aromatic carbocycles. The SMILES string of the molecule is Clc1ccc2c(c1)N=C(N1CCN(CCCOc3ccccc3Cl)CC1)c1ccccc1N2. The zero-order valence-electron chi connectivity index (χ0n) is 18.3. The summed E-state index contributed by atoms with van der Waals surface area (Å²) in [6, 6.07) is 21.8. The van der Waals surface area contributed by atoms with Crippen LogP contribution >= 0.6 is 23.2 Å². The first-order valence-electron chi connectivity index (χ1n) is 11.3. The smallest absolute Gasteiger partial charge is 0.138 e. The van der Waals surface area contributed by atoms with Gasteiger partial charge in [-0.25, -0.2) is 4.99 Å². The van der Waals surface area contributed by atoms with E-state index >= 15 is 0 Å². The van der Waals surface area contributed by atoms with Crippen LogP contribution in [0.25, 0.3) is 0 Å². The molecule has 0 amide bonds. The summed E-state index contributed by atoms with van der Waals surface area (Å²) in [6.45, 7) is 5.49. The molecule has 0 radical (unpaired) electrons. The molecule has 0 spiro atoms. The van der Waals surface area contributed by atoms with E-state index in [0.717, 1.165) is 73.4 Å². The normalized spacial score (nSPS) is 15.7. The molecule has 5 rings (SSSR count). The molecule has 0 aromatic heterocycles. The Morgan fingerprint density at radius 1 is 0.879 bits per heavy atom. The fraction of sp³-hybridized carbons (Fsp3) is 0.269. The lowest BCUT2D eigenvalue weighted by atomic mass is 10.1. The highest BCUT2D eigenvalue weighted by atomic mass is 35.5. The van der Waals surface area contributed by atoms with E-state index in [1.165, 1.54) is 0 Å². The van der Waals surface area contributed by atoms with Crippen molar-refractivity contribution in [3.05, 3.63) is 82.3 Å². The van der Waals surface area contributed by atoms with Gasteiger partial charge in [-0.05, 0) is 48.9 Å². The van der Waals surface area contributed by atoms with Gasteiger partial charge in [-0.1, -0.05) is 47.5 Å². The first-order chi connectivity index (χ1) is 16.2. The van der Waals surface area contributed by atoms with Crippen LogP contribution in [-0.2, 0) is 0 Å².